The maximum Gasteiger partial charge on any atom is 0.258 e. The molecule has 0 heterocycles. The van der Waals surface area contributed by atoms with Crippen molar-refractivity contribution in [3.63, 3.8) is 0 Å². The summed E-state index contributed by atoms with van der Waals surface area (Å²) >= 11 is 5.96. The first-order valence-electron chi connectivity index (χ1n) is 7.85. The van der Waals surface area contributed by atoms with Gasteiger partial charge >= 0.3 is 0 Å². The van der Waals surface area contributed by atoms with Crippen LogP contribution in [0.5, 0.6) is 11.5 Å². The molecule has 0 bridgehead atoms. The minimum atomic E-state index is -0.190. The fraction of sp³-hybridized carbons (Fsp3) is 0.316. The quantitative estimate of drug-likeness (QED) is 0.865. The van der Waals surface area contributed by atoms with Crippen LogP contribution in [0.25, 0.3) is 0 Å². The molecule has 126 valence electrons. The molecule has 1 saturated carbocycles. The molecule has 5 heteroatoms. The summed E-state index contributed by atoms with van der Waals surface area (Å²) in [5, 5.41) is 3.75. The van der Waals surface area contributed by atoms with Crippen molar-refractivity contribution in [3.8, 4) is 11.5 Å². The van der Waals surface area contributed by atoms with Crippen LogP contribution >= 0.6 is 11.6 Å². The van der Waals surface area contributed by atoms with E-state index < -0.39 is 0 Å². The Balaban J connectivity index is 1.76. The number of hydrogen-bond donors (Lipinski definition) is 1. The van der Waals surface area contributed by atoms with Gasteiger partial charge in [-0.25, -0.2) is 0 Å². The molecule has 1 aliphatic carbocycles. The van der Waals surface area contributed by atoms with Gasteiger partial charge in [-0.05, 0) is 42.7 Å². The Morgan fingerprint density at radius 1 is 1.08 bits per heavy atom. The fourth-order valence-corrected chi connectivity index (χ4v) is 3.06. The van der Waals surface area contributed by atoms with Gasteiger partial charge in [0.15, 0.2) is 0 Å². The second kappa shape index (κ2) is 6.73. The zero-order chi connectivity index (χ0) is 17.2. The first kappa shape index (κ1) is 16.7. The Morgan fingerprint density at radius 2 is 1.67 bits per heavy atom. The molecule has 0 spiro atoms. The van der Waals surface area contributed by atoms with Gasteiger partial charge in [-0.15, -0.1) is 0 Å². The third-order valence-electron chi connectivity index (χ3n) is 4.55. The van der Waals surface area contributed by atoms with Gasteiger partial charge in [0.1, 0.15) is 17.1 Å². The number of hydrogen-bond acceptors (Lipinski definition) is 3. The van der Waals surface area contributed by atoms with Crippen molar-refractivity contribution in [1.29, 1.82) is 0 Å². The van der Waals surface area contributed by atoms with Crippen molar-refractivity contribution in [3.05, 3.63) is 58.6 Å². The van der Waals surface area contributed by atoms with Gasteiger partial charge in [0.25, 0.3) is 5.91 Å². The normalized spacial score (nSPS) is 14.8. The summed E-state index contributed by atoms with van der Waals surface area (Å²) in [7, 11) is 3.09. The molecular weight excluding hydrogens is 326 g/mol. The number of ether oxygens (including phenoxy) is 2. The van der Waals surface area contributed by atoms with Crippen molar-refractivity contribution in [2.24, 2.45) is 0 Å². The standard InChI is InChI=1S/C19H20ClNO3/c1-23-15-4-3-5-16(24-2)17(15)18(22)21-12-19(10-11-19)13-6-8-14(20)9-7-13/h3-9H,10-12H2,1-2H3,(H,21,22). The average molecular weight is 346 g/mol. The van der Waals surface area contributed by atoms with E-state index in [0.29, 0.717) is 23.6 Å². The zero-order valence-electron chi connectivity index (χ0n) is 13.8. The molecule has 0 atom stereocenters. The van der Waals surface area contributed by atoms with E-state index >= 15 is 0 Å². The molecule has 1 N–H and O–H groups in total. The number of amides is 1. The summed E-state index contributed by atoms with van der Waals surface area (Å²) in [5.74, 6) is 0.816. The van der Waals surface area contributed by atoms with Gasteiger partial charge in [-0.1, -0.05) is 29.8 Å². The summed E-state index contributed by atoms with van der Waals surface area (Å²) in [6, 6.07) is 13.2. The zero-order valence-corrected chi connectivity index (χ0v) is 14.5. The number of benzene rings is 2. The van der Waals surface area contributed by atoms with Gasteiger partial charge in [-0.3, -0.25) is 4.79 Å². The van der Waals surface area contributed by atoms with Crippen molar-refractivity contribution in [2.45, 2.75) is 18.3 Å². The fourth-order valence-electron chi connectivity index (χ4n) is 2.93. The van der Waals surface area contributed by atoms with E-state index in [1.54, 1.807) is 32.4 Å². The van der Waals surface area contributed by atoms with Crippen molar-refractivity contribution >= 4 is 17.5 Å². The first-order valence-corrected chi connectivity index (χ1v) is 8.23. The Kier molecular flexibility index (Phi) is 4.67. The molecule has 0 unspecified atom stereocenters. The average Bonchev–Trinajstić information content (AvgIpc) is 3.40. The summed E-state index contributed by atoms with van der Waals surface area (Å²) in [6.07, 6.45) is 2.11. The van der Waals surface area contributed by atoms with Crippen LogP contribution in [-0.2, 0) is 5.41 Å². The molecule has 4 nitrogen and oxygen atoms in total. The predicted octanol–water partition coefficient (Wildman–Crippen LogP) is 3.82. The van der Waals surface area contributed by atoms with Gasteiger partial charge in [0.2, 0.25) is 0 Å². The first-order chi connectivity index (χ1) is 11.6. The molecule has 3 rings (SSSR count). The molecule has 2 aromatic carbocycles. The Morgan fingerprint density at radius 3 is 2.17 bits per heavy atom. The second-order valence-corrected chi connectivity index (χ2v) is 6.44. The van der Waals surface area contributed by atoms with E-state index in [1.165, 1.54) is 5.56 Å². The lowest BCUT2D eigenvalue weighted by Crippen LogP contribution is -2.32. The predicted molar refractivity (Wildman–Crippen MR) is 94.2 cm³/mol. The van der Waals surface area contributed by atoms with Gasteiger partial charge in [0, 0.05) is 17.0 Å². The van der Waals surface area contributed by atoms with Crippen molar-refractivity contribution in [2.75, 3.05) is 20.8 Å². The molecule has 1 fully saturated rings. The lowest BCUT2D eigenvalue weighted by Gasteiger charge is -2.18. The lowest BCUT2D eigenvalue weighted by molar-refractivity contribution is 0.0943. The highest BCUT2D eigenvalue weighted by atomic mass is 35.5. The van der Waals surface area contributed by atoms with E-state index in [9.17, 15) is 4.79 Å². The van der Waals surface area contributed by atoms with Crippen LogP contribution in [0.4, 0.5) is 0 Å². The number of carbonyl (C=O) groups is 1. The monoisotopic (exact) mass is 345 g/mol. The van der Waals surface area contributed by atoms with Gasteiger partial charge in [-0.2, -0.15) is 0 Å². The van der Waals surface area contributed by atoms with Crippen LogP contribution in [0.1, 0.15) is 28.8 Å². The number of carbonyl (C=O) groups excluding carboxylic acids is 1. The molecule has 0 aromatic heterocycles. The molecule has 1 aliphatic rings. The largest absolute Gasteiger partial charge is 0.496 e. The molecule has 0 aliphatic heterocycles. The summed E-state index contributed by atoms with van der Waals surface area (Å²) in [5.41, 5.74) is 1.64. The van der Waals surface area contributed by atoms with Crippen LogP contribution in [0.3, 0.4) is 0 Å². The minimum Gasteiger partial charge on any atom is -0.496 e. The lowest BCUT2D eigenvalue weighted by atomic mass is 9.96. The van der Waals surface area contributed by atoms with E-state index in [1.807, 2.05) is 24.3 Å². The Hall–Kier alpha value is -2.20. The van der Waals surface area contributed by atoms with Crippen LogP contribution in [0, 0.1) is 0 Å². The van der Waals surface area contributed by atoms with Gasteiger partial charge in [0.05, 0.1) is 14.2 Å². The third-order valence-corrected chi connectivity index (χ3v) is 4.80. The molecular formula is C19H20ClNO3. The number of rotatable bonds is 6. The highest BCUT2D eigenvalue weighted by Crippen LogP contribution is 2.47. The highest BCUT2D eigenvalue weighted by Gasteiger charge is 2.44. The van der Waals surface area contributed by atoms with E-state index in [4.69, 9.17) is 21.1 Å². The number of methoxy groups -OCH3 is 2. The molecule has 0 radical (unpaired) electrons. The smallest absolute Gasteiger partial charge is 0.258 e. The van der Waals surface area contributed by atoms with Crippen LogP contribution in [0.2, 0.25) is 5.02 Å². The summed E-state index contributed by atoms with van der Waals surface area (Å²) < 4.78 is 10.6. The maximum absolute atomic E-state index is 12.7. The molecule has 0 saturated heterocycles. The second-order valence-electron chi connectivity index (χ2n) is 6.01. The highest BCUT2D eigenvalue weighted by molar-refractivity contribution is 6.30. The Labute approximate surface area is 146 Å². The number of halogens is 1. The van der Waals surface area contributed by atoms with Crippen molar-refractivity contribution < 1.29 is 14.3 Å². The summed E-state index contributed by atoms with van der Waals surface area (Å²) in [4.78, 5) is 12.7. The van der Waals surface area contributed by atoms with E-state index in [0.717, 1.165) is 17.9 Å². The minimum absolute atomic E-state index is 0.00942. The van der Waals surface area contributed by atoms with Crippen molar-refractivity contribution in [1.82, 2.24) is 5.32 Å². The van der Waals surface area contributed by atoms with Crippen LogP contribution in [0.15, 0.2) is 42.5 Å². The van der Waals surface area contributed by atoms with E-state index in [2.05, 4.69) is 5.32 Å². The number of nitrogens with one attached hydrogen (secondary N) is 1. The van der Waals surface area contributed by atoms with Crippen LogP contribution in [-0.4, -0.2) is 26.7 Å². The van der Waals surface area contributed by atoms with Crippen LogP contribution < -0.4 is 14.8 Å². The molecule has 1 amide bonds. The SMILES string of the molecule is COc1cccc(OC)c1C(=O)NCC1(c2ccc(Cl)cc2)CC1. The van der Waals surface area contributed by atoms with Gasteiger partial charge < -0.3 is 14.8 Å². The van der Waals surface area contributed by atoms with E-state index in [-0.39, 0.29) is 11.3 Å². The summed E-state index contributed by atoms with van der Waals surface area (Å²) in [6.45, 7) is 0.578. The maximum atomic E-state index is 12.7. The molecule has 2 aromatic rings. The molecule has 24 heavy (non-hydrogen) atoms. The third kappa shape index (κ3) is 3.20. The Bertz CT molecular complexity index is 717. The topological polar surface area (TPSA) is 47.6 Å².